The Morgan fingerprint density at radius 1 is 1.44 bits per heavy atom. The molecule has 0 radical (unpaired) electrons. The molecule has 0 bridgehead atoms. The Hall–Kier alpha value is -1.48. The number of allylic oxidation sites excluding steroid dienone is 1. The monoisotopic (exact) mass is 266 g/mol. The van der Waals surface area contributed by atoms with Gasteiger partial charge in [-0.3, -0.25) is 4.79 Å². The second kappa shape index (κ2) is 6.45. The standard InChI is InChI=1S/C14H18N2O.ClH/c1-3-10(2)14(17)16-12-7-6-11-5-4-8-15-13(11)9-12;/h3,6-7,9,15H,4-5,8H2,1-2H3,(H,16,17);1H/b10-3+;. The summed E-state index contributed by atoms with van der Waals surface area (Å²) in [5.41, 5.74) is 4.06. The van der Waals surface area contributed by atoms with Gasteiger partial charge >= 0.3 is 0 Å². The summed E-state index contributed by atoms with van der Waals surface area (Å²) in [5, 5.41) is 6.25. The number of carbonyl (C=O) groups excluding carboxylic acids is 1. The van der Waals surface area contributed by atoms with Crippen LogP contribution in [0.5, 0.6) is 0 Å². The number of rotatable bonds is 2. The topological polar surface area (TPSA) is 41.1 Å². The van der Waals surface area contributed by atoms with E-state index < -0.39 is 0 Å². The molecule has 0 spiro atoms. The number of anilines is 2. The van der Waals surface area contributed by atoms with Gasteiger partial charge in [-0.05, 0) is 44.4 Å². The largest absolute Gasteiger partial charge is 0.385 e. The third-order valence-corrected chi connectivity index (χ3v) is 3.10. The van der Waals surface area contributed by atoms with Crippen LogP contribution in [0.15, 0.2) is 29.8 Å². The van der Waals surface area contributed by atoms with Crippen LogP contribution in [0, 0.1) is 0 Å². The van der Waals surface area contributed by atoms with Crippen LogP contribution in [0.3, 0.4) is 0 Å². The second-order valence-electron chi connectivity index (χ2n) is 4.33. The van der Waals surface area contributed by atoms with Gasteiger partial charge in [-0.1, -0.05) is 12.1 Å². The molecule has 1 aliphatic rings. The average molecular weight is 267 g/mol. The van der Waals surface area contributed by atoms with Crippen molar-refractivity contribution in [2.75, 3.05) is 17.2 Å². The lowest BCUT2D eigenvalue weighted by Gasteiger charge is -2.18. The predicted molar refractivity (Wildman–Crippen MR) is 78.6 cm³/mol. The van der Waals surface area contributed by atoms with Gasteiger partial charge in [0.1, 0.15) is 0 Å². The molecule has 4 heteroatoms. The van der Waals surface area contributed by atoms with E-state index in [1.807, 2.05) is 32.1 Å². The number of amides is 1. The molecule has 1 aromatic carbocycles. The number of halogens is 1. The maximum Gasteiger partial charge on any atom is 0.250 e. The fourth-order valence-corrected chi connectivity index (χ4v) is 1.90. The molecule has 1 amide bonds. The van der Waals surface area contributed by atoms with Crippen molar-refractivity contribution < 1.29 is 4.79 Å². The summed E-state index contributed by atoms with van der Waals surface area (Å²) in [6.07, 6.45) is 4.10. The van der Waals surface area contributed by atoms with Crippen LogP contribution in [-0.2, 0) is 11.2 Å². The van der Waals surface area contributed by atoms with Crippen molar-refractivity contribution in [1.29, 1.82) is 0 Å². The van der Waals surface area contributed by atoms with Gasteiger partial charge in [-0.2, -0.15) is 0 Å². The number of benzene rings is 1. The van der Waals surface area contributed by atoms with Crippen LogP contribution in [0.4, 0.5) is 11.4 Å². The highest BCUT2D eigenvalue weighted by atomic mass is 35.5. The maximum atomic E-state index is 11.7. The smallest absolute Gasteiger partial charge is 0.250 e. The zero-order valence-electron chi connectivity index (χ0n) is 10.7. The minimum atomic E-state index is -0.0386. The van der Waals surface area contributed by atoms with E-state index in [9.17, 15) is 4.79 Å². The summed E-state index contributed by atoms with van der Waals surface area (Å²) in [7, 11) is 0. The van der Waals surface area contributed by atoms with Gasteiger partial charge in [-0.25, -0.2) is 0 Å². The number of aryl methyl sites for hydroxylation is 1. The highest BCUT2D eigenvalue weighted by Gasteiger charge is 2.10. The summed E-state index contributed by atoms with van der Waals surface area (Å²) in [6.45, 7) is 4.69. The number of nitrogens with one attached hydrogen (secondary N) is 2. The Bertz CT molecular complexity index is 469. The van der Waals surface area contributed by atoms with Crippen molar-refractivity contribution in [3.63, 3.8) is 0 Å². The fraction of sp³-hybridized carbons (Fsp3) is 0.357. The molecule has 18 heavy (non-hydrogen) atoms. The molecule has 2 N–H and O–H groups in total. The van der Waals surface area contributed by atoms with E-state index >= 15 is 0 Å². The minimum Gasteiger partial charge on any atom is -0.385 e. The Kier molecular flexibility index (Phi) is 5.23. The molecule has 0 saturated heterocycles. The molecule has 1 heterocycles. The van der Waals surface area contributed by atoms with Gasteiger partial charge in [0.05, 0.1) is 0 Å². The molecule has 3 nitrogen and oxygen atoms in total. The molecular formula is C14H19ClN2O. The molecular weight excluding hydrogens is 248 g/mol. The lowest BCUT2D eigenvalue weighted by molar-refractivity contribution is -0.112. The first-order valence-corrected chi connectivity index (χ1v) is 6.02. The third kappa shape index (κ3) is 3.26. The summed E-state index contributed by atoms with van der Waals surface area (Å²) in [5.74, 6) is -0.0386. The summed E-state index contributed by atoms with van der Waals surface area (Å²) >= 11 is 0. The van der Waals surface area contributed by atoms with Gasteiger partial charge in [0.15, 0.2) is 0 Å². The van der Waals surface area contributed by atoms with Gasteiger partial charge in [0.2, 0.25) is 0 Å². The molecule has 0 aromatic heterocycles. The lowest BCUT2D eigenvalue weighted by atomic mass is 10.0. The second-order valence-corrected chi connectivity index (χ2v) is 4.33. The Balaban J connectivity index is 0.00000162. The molecule has 0 unspecified atom stereocenters. The van der Waals surface area contributed by atoms with E-state index in [2.05, 4.69) is 16.7 Å². The van der Waals surface area contributed by atoms with Gasteiger partial charge in [-0.15, -0.1) is 12.4 Å². The van der Waals surface area contributed by atoms with Crippen LogP contribution >= 0.6 is 12.4 Å². The minimum absolute atomic E-state index is 0. The van der Waals surface area contributed by atoms with Crippen molar-refractivity contribution in [3.05, 3.63) is 35.4 Å². The van der Waals surface area contributed by atoms with Crippen LogP contribution < -0.4 is 10.6 Å². The average Bonchev–Trinajstić information content (AvgIpc) is 2.37. The van der Waals surface area contributed by atoms with Crippen LogP contribution in [0.2, 0.25) is 0 Å². The first-order chi connectivity index (χ1) is 8.20. The van der Waals surface area contributed by atoms with Crippen molar-refractivity contribution in [2.24, 2.45) is 0 Å². The molecule has 0 fully saturated rings. The number of carbonyl (C=O) groups is 1. The number of hydrogen-bond acceptors (Lipinski definition) is 2. The third-order valence-electron chi connectivity index (χ3n) is 3.10. The SMILES string of the molecule is C/C=C(\C)C(=O)Nc1ccc2c(c1)NCCC2.Cl. The van der Waals surface area contributed by atoms with Crippen LogP contribution in [0.1, 0.15) is 25.8 Å². The van der Waals surface area contributed by atoms with E-state index in [0.29, 0.717) is 0 Å². The van der Waals surface area contributed by atoms with Gasteiger partial charge in [0, 0.05) is 23.5 Å². The number of fused-ring (bicyclic) bond motifs is 1. The molecule has 0 aliphatic carbocycles. The molecule has 0 saturated carbocycles. The normalized spacial score (nSPS) is 14.0. The van der Waals surface area contributed by atoms with Crippen LogP contribution in [-0.4, -0.2) is 12.5 Å². The lowest BCUT2D eigenvalue weighted by Crippen LogP contribution is -2.15. The Labute approximate surface area is 114 Å². The zero-order chi connectivity index (χ0) is 12.3. The summed E-state index contributed by atoms with van der Waals surface area (Å²) < 4.78 is 0. The molecule has 2 rings (SSSR count). The Morgan fingerprint density at radius 2 is 2.22 bits per heavy atom. The van der Waals surface area contributed by atoms with E-state index in [1.54, 1.807) is 0 Å². The summed E-state index contributed by atoms with van der Waals surface area (Å²) in [4.78, 5) is 11.7. The van der Waals surface area contributed by atoms with E-state index in [-0.39, 0.29) is 18.3 Å². The molecule has 98 valence electrons. The molecule has 1 aliphatic heterocycles. The first-order valence-electron chi connectivity index (χ1n) is 6.02. The van der Waals surface area contributed by atoms with E-state index in [4.69, 9.17) is 0 Å². The number of hydrogen-bond donors (Lipinski definition) is 2. The Morgan fingerprint density at radius 3 is 2.94 bits per heavy atom. The summed E-state index contributed by atoms with van der Waals surface area (Å²) in [6, 6.07) is 6.06. The van der Waals surface area contributed by atoms with E-state index in [0.717, 1.165) is 29.9 Å². The zero-order valence-corrected chi connectivity index (χ0v) is 11.6. The van der Waals surface area contributed by atoms with Crippen molar-refractivity contribution in [1.82, 2.24) is 0 Å². The predicted octanol–water partition coefficient (Wildman–Crippen LogP) is 3.37. The van der Waals surface area contributed by atoms with Crippen molar-refractivity contribution in [2.45, 2.75) is 26.7 Å². The van der Waals surface area contributed by atoms with Crippen molar-refractivity contribution in [3.8, 4) is 0 Å². The van der Waals surface area contributed by atoms with Gasteiger partial charge in [0.25, 0.3) is 5.91 Å². The van der Waals surface area contributed by atoms with Crippen LogP contribution in [0.25, 0.3) is 0 Å². The highest BCUT2D eigenvalue weighted by molar-refractivity contribution is 6.03. The fourth-order valence-electron chi connectivity index (χ4n) is 1.90. The van der Waals surface area contributed by atoms with E-state index in [1.165, 1.54) is 12.0 Å². The van der Waals surface area contributed by atoms with Gasteiger partial charge < -0.3 is 10.6 Å². The first kappa shape index (κ1) is 14.6. The quantitative estimate of drug-likeness (QED) is 0.806. The highest BCUT2D eigenvalue weighted by Crippen LogP contribution is 2.25. The maximum absolute atomic E-state index is 11.7. The molecule has 0 atom stereocenters. The molecule has 1 aromatic rings. The van der Waals surface area contributed by atoms with Crippen molar-refractivity contribution >= 4 is 29.7 Å².